The predicted molar refractivity (Wildman–Crippen MR) is 152 cm³/mol. The van der Waals surface area contributed by atoms with E-state index in [1.807, 2.05) is 30.3 Å². The molecule has 0 atom stereocenters. The zero-order valence-corrected chi connectivity index (χ0v) is 20.1. The van der Waals surface area contributed by atoms with E-state index in [1.54, 1.807) is 6.08 Å². The molecule has 0 N–H and O–H groups in total. The van der Waals surface area contributed by atoms with E-state index in [9.17, 15) is 0 Å². The van der Waals surface area contributed by atoms with Gasteiger partial charge in [0.25, 0.3) is 0 Å². The van der Waals surface area contributed by atoms with Crippen LogP contribution in [-0.4, -0.2) is 0 Å². The van der Waals surface area contributed by atoms with Crippen molar-refractivity contribution in [3.63, 3.8) is 0 Å². The maximum atomic E-state index is 6.56. The number of hydrogen-bond acceptors (Lipinski definition) is 3. The molecule has 0 aromatic heterocycles. The number of nitrogens with zero attached hydrogens (tertiary/aromatic N) is 1. The standard InChI is InChI=1S/C34H23NO2/c1-3-10-29-22(2)26-17-19-31-34-28(18-20-30(36-29)33(26)34)27-16-15-25(21-32(27)37-31)35(23-11-6-4-7-12-23)24-13-8-5-9-14-24/h3-21H,1-2H2/b29-10+. The SMILES string of the molecule is C=C/C=C1/Oc2ccc3c4c(ccc(c24)C1=C)Oc1cc(N(c2ccccc2)c2ccccc2)ccc1-3. The molecule has 3 nitrogen and oxygen atoms in total. The Morgan fingerprint density at radius 2 is 1.16 bits per heavy atom. The second-order valence-corrected chi connectivity index (χ2v) is 9.11. The third kappa shape index (κ3) is 3.29. The molecular formula is C34H23NO2. The van der Waals surface area contributed by atoms with Crippen molar-refractivity contribution < 1.29 is 9.47 Å². The van der Waals surface area contributed by atoms with Gasteiger partial charge >= 0.3 is 0 Å². The van der Waals surface area contributed by atoms with Crippen molar-refractivity contribution in [3.8, 4) is 28.4 Å². The van der Waals surface area contributed by atoms with Crippen LogP contribution >= 0.6 is 0 Å². The van der Waals surface area contributed by atoms with E-state index in [4.69, 9.17) is 9.47 Å². The van der Waals surface area contributed by atoms with Gasteiger partial charge in [-0.25, -0.2) is 0 Å². The summed E-state index contributed by atoms with van der Waals surface area (Å²) in [6.45, 7) is 8.09. The molecule has 2 heterocycles. The lowest BCUT2D eigenvalue weighted by Gasteiger charge is -2.29. The molecule has 5 aromatic rings. The Labute approximate surface area is 215 Å². The van der Waals surface area contributed by atoms with Crippen LogP contribution in [0.4, 0.5) is 17.1 Å². The lowest BCUT2D eigenvalue weighted by molar-refractivity contribution is 0.449. The Bertz CT molecular complexity index is 1710. The molecule has 176 valence electrons. The molecule has 3 heteroatoms. The van der Waals surface area contributed by atoms with Crippen molar-refractivity contribution in [3.05, 3.63) is 140 Å². The first-order chi connectivity index (χ1) is 18.2. The van der Waals surface area contributed by atoms with E-state index < -0.39 is 0 Å². The minimum atomic E-state index is 0.717. The summed E-state index contributed by atoms with van der Waals surface area (Å²) in [7, 11) is 0. The zero-order chi connectivity index (χ0) is 24.9. The van der Waals surface area contributed by atoms with Crippen LogP contribution in [0.1, 0.15) is 5.56 Å². The summed E-state index contributed by atoms with van der Waals surface area (Å²) >= 11 is 0. The first-order valence-electron chi connectivity index (χ1n) is 12.3. The third-order valence-electron chi connectivity index (χ3n) is 6.96. The minimum absolute atomic E-state index is 0.717. The molecule has 0 bridgehead atoms. The number of benzene rings is 5. The predicted octanol–water partition coefficient (Wildman–Crippen LogP) is 9.56. The Hall–Kier alpha value is -5.02. The molecule has 5 aromatic carbocycles. The van der Waals surface area contributed by atoms with Gasteiger partial charge in [0.2, 0.25) is 0 Å². The van der Waals surface area contributed by atoms with E-state index in [-0.39, 0.29) is 0 Å². The fourth-order valence-corrected chi connectivity index (χ4v) is 5.31. The van der Waals surface area contributed by atoms with Crippen LogP contribution in [0.5, 0.6) is 17.2 Å². The van der Waals surface area contributed by atoms with Gasteiger partial charge in [0.1, 0.15) is 23.0 Å². The Morgan fingerprint density at radius 1 is 0.568 bits per heavy atom. The first-order valence-corrected chi connectivity index (χ1v) is 12.3. The highest BCUT2D eigenvalue weighted by Crippen LogP contribution is 2.53. The number of hydrogen-bond donors (Lipinski definition) is 0. The lowest BCUT2D eigenvalue weighted by Crippen LogP contribution is -2.11. The van der Waals surface area contributed by atoms with Crippen molar-refractivity contribution in [2.75, 3.05) is 4.90 Å². The molecule has 0 radical (unpaired) electrons. The summed E-state index contributed by atoms with van der Waals surface area (Å²) in [5, 5.41) is 2.09. The van der Waals surface area contributed by atoms with E-state index in [1.165, 1.54) is 0 Å². The highest BCUT2D eigenvalue weighted by Gasteiger charge is 2.28. The molecule has 7 rings (SSSR count). The summed E-state index contributed by atoms with van der Waals surface area (Å²) in [6, 6.07) is 35.5. The highest BCUT2D eigenvalue weighted by atomic mass is 16.5. The summed E-state index contributed by atoms with van der Waals surface area (Å²) in [5.41, 5.74) is 7.28. The van der Waals surface area contributed by atoms with E-state index in [0.29, 0.717) is 5.76 Å². The summed E-state index contributed by atoms with van der Waals surface area (Å²) in [6.07, 6.45) is 3.57. The molecule has 0 spiro atoms. The van der Waals surface area contributed by atoms with Gasteiger partial charge in [-0.05, 0) is 77.9 Å². The van der Waals surface area contributed by atoms with Gasteiger partial charge < -0.3 is 14.4 Å². The van der Waals surface area contributed by atoms with Crippen LogP contribution < -0.4 is 14.4 Å². The van der Waals surface area contributed by atoms with Gasteiger partial charge in [-0.15, -0.1) is 0 Å². The van der Waals surface area contributed by atoms with Crippen LogP contribution in [0.25, 0.3) is 27.5 Å². The van der Waals surface area contributed by atoms with Gasteiger partial charge in [-0.2, -0.15) is 0 Å². The fourth-order valence-electron chi connectivity index (χ4n) is 5.31. The normalized spacial score (nSPS) is 14.1. The number of para-hydroxylation sites is 2. The van der Waals surface area contributed by atoms with E-state index in [0.717, 1.165) is 67.3 Å². The van der Waals surface area contributed by atoms with Gasteiger partial charge in [0.05, 0.1) is 0 Å². The van der Waals surface area contributed by atoms with Gasteiger partial charge in [-0.3, -0.25) is 0 Å². The molecule has 0 saturated heterocycles. The fraction of sp³-hybridized carbons (Fsp3) is 0. The molecule has 0 unspecified atom stereocenters. The van der Waals surface area contributed by atoms with Crippen molar-refractivity contribution in [1.82, 2.24) is 0 Å². The molecule has 2 aliphatic heterocycles. The number of fused-ring (bicyclic) bond motifs is 2. The van der Waals surface area contributed by atoms with E-state index >= 15 is 0 Å². The molecule has 37 heavy (non-hydrogen) atoms. The van der Waals surface area contributed by atoms with Crippen LogP contribution in [-0.2, 0) is 0 Å². The van der Waals surface area contributed by atoms with Crippen molar-refractivity contribution in [1.29, 1.82) is 0 Å². The number of ether oxygens (including phenoxy) is 2. The maximum Gasteiger partial charge on any atom is 0.137 e. The monoisotopic (exact) mass is 477 g/mol. The largest absolute Gasteiger partial charge is 0.456 e. The zero-order valence-electron chi connectivity index (χ0n) is 20.1. The number of allylic oxidation sites excluding steroid dienone is 3. The third-order valence-corrected chi connectivity index (χ3v) is 6.96. The first kappa shape index (κ1) is 21.3. The molecule has 0 saturated carbocycles. The molecular weight excluding hydrogens is 454 g/mol. The van der Waals surface area contributed by atoms with Crippen LogP contribution in [0.2, 0.25) is 0 Å². The Balaban J connectivity index is 1.39. The van der Waals surface area contributed by atoms with E-state index in [2.05, 4.69) is 96.9 Å². The summed E-state index contributed by atoms with van der Waals surface area (Å²) < 4.78 is 12.8. The smallest absolute Gasteiger partial charge is 0.137 e. The number of anilines is 3. The van der Waals surface area contributed by atoms with Crippen molar-refractivity contribution in [2.24, 2.45) is 0 Å². The molecule has 2 aliphatic rings. The minimum Gasteiger partial charge on any atom is -0.456 e. The van der Waals surface area contributed by atoms with Crippen molar-refractivity contribution in [2.45, 2.75) is 0 Å². The van der Waals surface area contributed by atoms with Crippen LogP contribution in [0.3, 0.4) is 0 Å². The van der Waals surface area contributed by atoms with Crippen molar-refractivity contribution >= 4 is 33.4 Å². The molecule has 0 aliphatic carbocycles. The topological polar surface area (TPSA) is 21.7 Å². The average Bonchev–Trinajstić information content (AvgIpc) is 2.94. The molecule has 0 amide bonds. The lowest BCUT2D eigenvalue weighted by atomic mass is 9.88. The maximum absolute atomic E-state index is 6.56. The second kappa shape index (κ2) is 8.28. The summed E-state index contributed by atoms with van der Waals surface area (Å²) in [5.74, 6) is 3.17. The Kier molecular flexibility index (Phi) is 4.76. The quantitative estimate of drug-likeness (QED) is 0.252. The van der Waals surface area contributed by atoms with Gasteiger partial charge in [-0.1, -0.05) is 55.6 Å². The molecule has 0 fully saturated rings. The summed E-state index contributed by atoms with van der Waals surface area (Å²) in [4.78, 5) is 2.24. The second-order valence-electron chi connectivity index (χ2n) is 9.11. The van der Waals surface area contributed by atoms with Crippen LogP contribution in [0, 0.1) is 0 Å². The van der Waals surface area contributed by atoms with Crippen LogP contribution in [0.15, 0.2) is 134 Å². The number of rotatable bonds is 4. The van der Waals surface area contributed by atoms with Gasteiger partial charge in [0, 0.05) is 45.0 Å². The highest BCUT2D eigenvalue weighted by molar-refractivity contribution is 6.13. The Morgan fingerprint density at radius 3 is 1.84 bits per heavy atom. The van der Waals surface area contributed by atoms with Gasteiger partial charge in [0.15, 0.2) is 0 Å². The average molecular weight is 478 g/mol.